The Balaban J connectivity index is 1.89. The van der Waals surface area contributed by atoms with Gasteiger partial charge in [0.1, 0.15) is 10.7 Å². The molecule has 0 saturated heterocycles. The second-order valence-electron chi connectivity index (χ2n) is 6.28. The Hall–Kier alpha value is -1.34. The van der Waals surface area contributed by atoms with Gasteiger partial charge in [-0.05, 0) is 32.8 Å². The number of unbranched alkanes of at least 4 members (excludes halogenated alkanes) is 3. The van der Waals surface area contributed by atoms with Gasteiger partial charge < -0.3 is 10.3 Å². The molecule has 1 unspecified atom stereocenters. The molecule has 7 heteroatoms. The van der Waals surface area contributed by atoms with Gasteiger partial charge in [0, 0.05) is 11.4 Å². The van der Waals surface area contributed by atoms with Gasteiger partial charge >= 0.3 is 0 Å². The Morgan fingerprint density at radius 2 is 2.08 bits per heavy atom. The van der Waals surface area contributed by atoms with Crippen LogP contribution in [0.15, 0.2) is 4.79 Å². The van der Waals surface area contributed by atoms with Crippen molar-refractivity contribution in [3.63, 3.8) is 0 Å². The van der Waals surface area contributed by atoms with Crippen LogP contribution in [0.3, 0.4) is 0 Å². The van der Waals surface area contributed by atoms with Gasteiger partial charge in [-0.25, -0.2) is 4.98 Å². The number of thiophene rings is 1. The van der Waals surface area contributed by atoms with Crippen molar-refractivity contribution in [2.75, 3.05) is 6.54 Å². The Labute approximate surface area is 157 Å². The van der Waals surface area contributed by atoms with E-state index in [9.17, 15) is 9.59 Å². The lowest BCUT2D eigenvalue weighted by molar-refractivity contribution is -0.120. The second kappa shape index (κ2) is 9.38. The highest BCUT2D eigenvalue weighted by atomic mass is 32.2. The van der Waals surface area contributed by atoms with Gasteiger partial charge in [0.2, 0.25) is 5.91 Å². The van der Waals surface area contributed by atoms with Gasteiger partial charge in [-0.3, -0.25) is 9.59 Å². The van der Waals surface area contributed by atoms with E-state index >= 15 is 0 Å². The van der Waals surface area contributed by atoms with Gasteiger partial charge in [0.05, 0.1) is 16.4 Å². The zero-order chi connectivity index (χ0) is 18.4. The summed E-state index contributed by atoms with van der Waals surface area (Å²) in [4.78, 5) is 33.7. The highest BCUT2D eigenvalue weighted by Gasteiger charge is 2.15. The molecular formula is C18H27N3O2S2. The molecule has 0 aromatic carbocycles. The van der Waals surface area contributed by atoms with Crippen molar-refractivity contribution in [2.24, 2.45) is 0 Å². The second-order valence-corrected chi connectivity index (χ2v) is 8.81. The average molecular weight is 382 g/mol. The van der Waals surface area contributed by atoms with E-state index in [0.29, 0.717) is 17.0 Å². The summed E-state index contributed by atoms with van der Waals surface area (Å²) in [6.45, 7) is 8.75. The van der Waals surface area contributed by atoms with Crippen molar-refractivity contribution in [1.82, 2.24) is 15.3 Å². The fraction of sp³-hybridized carbons (Fsp3) is 0.611. The molecule has 2 aromatic rings. The molecule has 0 bridgehead atoms. The molecule has 0 spiro atoms. The third-order valence-corrected chi connectivity index (χ3v) is 6.51. The number of amides is 1. The Morgan fingerprint density at radius 1 is 1.32 bits per heavy atom. The molecule has 1 amide bonds. The van der Waals surface area contributed by atoms with Crippen molar-refractivity contribution in [3.05, 3.63) is 26.6 Å². The molecule has 0 aliphatic carbocycles. The molecule has 2 N–H and O–H groups in total. The van der Waals surface area contributed by atoms with E-state index in [1.165, 1.54) is 24.6 Å². The van der Waals surface area contributed by atoms with E-state index < -0.39 is 0 Å². The molecular weight excluding hydrogens is 354 g/mol. The quantitative estimate of drug-likeness (QED) is 0.646. The van der Waals surface area contributed by atoms with Crippen LogP contribution in [0.4, 0.5) is 0 Å². The topological polar surface area (TPSA) is 74.8 Å². The first kappa shape index (κ1) is 20.0. The third kappa shape index (κ3) is 5.31. The van der Waals surface area contributed by atoms with Crippen LogP contribution in [0.25, 0.3) is 10.2 Å². The first-order valence-corrected chi connectivity index (χ1v) is 10.7. The van der Waals surface area contributed by atoms with Crippen LogP contribution in [0.2, 0.25) is 0 Å². The van der Waals surface area contributed by atoms with Crippen molar-refractivity contribution in [2.45, 2.75) is 64.4 Å². The lowest BCUT2D eigenvalue weighted by Crippen LogP contribution is -2.31. The summed E-state index contributed by atoms with van der Waals surface area (Å²) in [5, 5.41) is 3.50. The monoisotopic (exact) mass is 381 g/mol. The van der Waals surface area contributed by atoms with Crippen LogP contribution in [0.1, 0.15) is 55.8 Å². The Bertz CT molecular complexity index is 782. The Kier molecular flexibility index (Phi) is 7.50. The fourth-order valence-electron chi connectivity index (χ4n) is 2.55. The zero-order valence-corrected chi connectivity index (χ0v) is 17.0. The lowest BCUT2D eigenvalue weighted by atomic mass is 10.2. The molecule has 138 valence electrons. The average Bonchev–Trinajstić information content (AvgIpc) is 2.87. The van der Waals surface area contributed by atoms with Gasteiger partial charge in [-0.1, -0.05) is 26.2 Å². The molecule has 0 fully saturated rings. The minimum absolute atomic E-state index is 0.0488. The predicted octanol–water partition coefficient (Wildman–Crippen LogP) is 3.92. The van der Waals surface area contributed by atoms with Gasteiger partial charge in [-0.15, -0.1) is 23.1 Å². The van der Waals surface area contributed by atoms with Crippen LogP contribution in [0, 0.1) is 13.8 Å². The maximum absolute atomic E-state index is 12.3. The van der Waals surface area contributed by atoms with Crippen LogP contribution >= 0.6 is 23.1 Å². The van der Waals surface area contributed by atoms with Crippen molar-refractivity contribution in [3.8, 4) is 0 Å². The summed E-state index contributed by atoms with van der Waals surface area (Å²) in [7, 11) is 0. The molecule has 0 aliphatic rings. The molecule has 25 heavy (non-hydrogen) atoms. The summed E-state index contributed by atoms with van der Waals surface area (Å²) in [6, 6.07) is 0. The molecule has 0 saturated carbocycles. The number of nitrogens with zero attached hydrogens (tertiary/aromatic N) is 1. The van der Waals surface area contributed by atoms with Crippen LogP contribution in [0.5, 0.6) is 0 Å². The number of fused-ring (bicyclic) bond motifs is 1. The highest BCUT2D eigenvalue weighted by Crippen LogP contribution is 2.26. The summed E-state index contributed by atoms with van der Waals surface area (Å²) in [5.74, 6) is 1.20. The van der Waals surface area contributed by atoms with Crippen LogP contribution in [-0.4, -0.2) is 27.7 Å². The molecule has 1 atom stereocenters. The standard InChI is InChI=1S/C18H27N3O2S2/c1-5-6-7-8-9-19-16(22)13(4)24-10-14-20-17(23)15-11(2)12(3)25-18(15)21-14/h13H,5-10H2,1-4H3,(H,19,22)(H,20,21,23). The third-order valence-electron chi connectivity index (χ3n) is 4.26. The number of nitrogens with one attached hydrogen (secondary N) is 2. The molecule has 0 radical (unpaired) electrons. The summed E-state index contributed by atoms with van der Waals surface area (Å²) < 4.78 is 0. The number of carbonyl (C=O) groups is 1. The van der Waals surface area contributed by atoms with Gasteiger partial charge in [-0.2, -0.15) is 0 Å². The number of aromatic amines is 1. The first-order chi connectivity index (χ1) is 11.9. The SMILES string of the molecule is CCCCCCNC(=O)C(C)SCc1nc2sc(C)c(C)c2c(=O)[nH]1. The number of rotatable bonds is 9. The predicted molar refractivity (Wildman–Crippen MR) is 108 cm³/mol. The van der Waals surface area contributed by atoms with Crippen molar-refractivity contribution in [1.29, 1.82) is 0 Å². The molecule has 2 aromatic heterocycles. The summed E-state index contributed by atoms with van der Waals surface area (Å²) >= 11 is 3.04. The number of hydrogen-bond donors (Lipinski definition) is 2. The highest BCUT2D eigenvalue weighted by molar-refractivity contribution is 7.99. The number of thioether (sulfide) groups is 1. The summed E-state index contributed by atoms with van der Waals surface area (Å²) in [6.07, 6.45) is 4.59. The smallest absolute Gasteiger partial charge is 0.259 e. The zero-order valence-electron chi connectivity index (χ0n) is 15.4. The van der Waals surface area contributed by atoms with E-state index in [-0.39, 0.29) is 16.7 Å². The van der Waals surface area contributed by atoms with E-state index in [4.69, 9.17) is 0 Å². The lowest BCUT2D eigenvalue weighted by Gasteiger charge is -2.11. The van der Waals surface area contributed by atoms with E-state index in [1.54, 1.807) is 11.3 Å². The number of carbonyl (C=O) groups excluding carboxylic acids is 1. The minimum atomic E-state index is -0.168. The Morgan fingerprint density at radius 3 is 2.80 bits per heavy atom. The molecule has 0 aliphatic heterocycles. The first-order valence-electron chi connectivity index (χ1n) is 8.82. The maximum Gasteiger partial charge on any atom is 0.259 e. The van der Waals surface area contributed by atoms with Gasteiger partial charge in [0.15, 0.2) is 0 Å². The van der Waals surface area contributed by atoms with E-state index in [2.05, 4.69) is 22.2 Å². The van der Waals surface area contributed by atoms with Gasteiger partial charge in [0.25, 0.3) is 5.56 Å². The van der Waals surface area contributed by atoms with Crippen molar-refractivity contribution < 1.29 is 4.79 Å². The molecule has 2 rings (SSSR count). The number of aromatic nitrogens is 2. The van der Waals surface area contributed by atoms with E-state index in [0.717, 1.165) is 34.7 Å². The van der Waals surface area contributed by atoms with Crippen LogP contribution < -0.4 is 10.9 Å². The molecule has 2 heterocycles. The molecule has 5 nitrogen and oxygen atoms in total. The normalized spacial score (nSPS) is 12.5. The minimum Gasteiger partial charge on any atom is -0.355 e. The largest absolute Gasteiger partial charge is 0.355 e. The summed E-state index contributed by atoms with van der Waals surface area (Å²) in [5.41, 5.74) is 0.916. The van der Waals surface area contributed by atoms with Crippen LogP contribution in [-0.2, 0) is 10.5 Å². The van der Waals surface area contributed by atoms with E-state index in [1.807, 2.05) is 20.8 Å². The number of aryl methyl sites for hydroxylation is 2. The van der Waals surface area contributed by atoms with Crippen molar-refractivity contribution >= 4 is 39.2 Å². The number of hydrogen-bond acceptors (Lipinski definition) is 5. The fourth-order valence-corrected chi connectivity index (χ4v) is 4.38. The maximum atomic E-state index is 12.3. The number of H-pyrrole nitrogens is 1.